The van der Waals surface area contributed by atoms with E-state index in [4.69, 9.17) is 4.74 Å². The first-order valence-electron chi connectivity index (χ1n) is 9.47. The summed E-state index contributed by atoms with van der Waals surface area (Å²) >= 11 is 0. The first-order valence-corrected chi connectivity index (χ1v) is 9.47. The van der Waals surface area contributed by atoms with E-state index in [0.29, 0.717) is 32.8 Å². The second-order valence-corrected chi connectivity index (χ2v) is 6.49. The molecule has 1 aromatic heterocycles. The van der Waals surface area contributed by atoms with Crippen LogP contribution < -0.4 is 5.32 Å². The van der Waals surface area contributed by atoms with Crippen molar-refractivity contribution in [3.63, 3.8) is 0 Å². The number of hydrogen-bond donors (Lipinski definition) is 1. The Labute approximate surface area is 188 Å². The highest BCUT2D eigenvalue weighted by atomic mass is 127. The zero-order valence-corrected chi connectivity index (χ0v) is 19.2. The number of carbonyl (C=O) groups excluding carboxylic acids is 1. The average molecular weight is 513 g/mol. The number of benzene rings is 1. The van der Waals surface area contributed by atoms with Crippen LogP contribution in [0.15, 0.2) is 41.9 Å². The molecule has 29 heavy (non-hydrogen) atoms. The van der Waals surface area contributed by atoms with Crippen molar-refractivity contribution in [1.29, 1.82) is 0 Å². The molecule has 1 aliphatic rings. The number of ether oxygens (including phenoxy) is 1. The zero-order chi connectivity index (χ0) is 19.8. The number of amides is 1. The van der Waals surface area contributed by atoms with Gasteiger partial charge in [0.15, 0.2) is 5.96 Å². The van der Waals surface area contributed by atoms with Gasteiger partial charge >= 0.3 is 6.09 Å². The Kier molecular flexibility index (Phi) is 9.16. The lowest BCUT2D eigenvalue weighted by molar-refractivity contribution is 0.0914. The molecule has 1 saturated heterocycles. The summed E-state index contributed by atoms with van der Waals surface area (Å²) in [5.41, 5.74) is 2.34. The van der Waals surface area contributed by atoms with E-state index in [-0.39, 0.29) is 30.1 Å². The molecule has 1 aliphatic heterocycles. The second kappa shape index (κ2) is 11.6. The molecule has 3 rings (SSSR count). The molecule has 0 atom stereocenters. The minimum atomic E-state index is -0.241. The van der Waals surface area contributed by atoms with Crippen LogP contribution in [0.5, 0.6) is 0 Å². The number of carbonyl (C=O) groups is 1. The third-order valence-electron chi connectivity index (χ3n) is 4.57. The number of rotatable bonds is 5. The highest BCUT2D eigenvalue weighted by molar-refractivity contribution is 14.0. The van der Waals surface area contributed by atoms with Crippen molar-refractivity contribution in [2.45, 2.75) is 20.0 Å². The van der Waals surface area contributed by atoms with E-state index >= 15 is 0 Å². The van der Waals surface area contributed by atoms with Crippen LogP contribution in [-0.4, -0.2) is 76.5 Å². The molecule has 0 spiro atoms. The van der Waals surface area contributed by atoms with Gasteiger partial charge in [0.05, 0.1) is 13.2 Å². The number of piperazine rings is 1. The summed E-state index contributed by atoms with van der Waals surface area (Å²) in [4.78, 5) is 24.1. The molecule has 0 saturated carbocycles. The minimum absolute atomic E-state index is 0. The molecule has 0 aliphatic carbocycles. The van der Waals surface area contributed by atoms with Crippen LogP contribution in [0.25, 0.3) is 0 Å². The molecular weight excluding hydrogens is 485 g/mol. The molecule has 1 fully saturated rings. The van der Waals surface area contributed by atoms with Crippen molar-refractivity contribution < 1.29 is 9.53 Å². The normalized spacial score (nSPS) is 14.3. The van der Waals surface area contributed by atoms with E-state index in [1.54, 1.807) is 23.0 Å². The van der Waals surface area contributed by atoms with Crippen molar-refractivity contribution in [1.82, 2.24) is 29.9 Å². The van der Waals surface area contributed by atoms with Gasteiger partial charge in [-0.3, -0.25) is 4.99 Å². The van der Waals surface area contributed by atoms with Gasteiger partial charge in [-0.05, 0) is 18.1 Å². The van der Waals surface area contributed by atoms with Crippen molar-refractivity contribution in [3.05, 3.63) is 48.0 Å². The van der Waals surface area contributed by atoms with Crippen LogP contribution in [0.3, 0.4) is 0 Å². The second-order valence-electron chi connectivity index (χ2n) is 6.49. The maximum absolute atomic E-state index is 11.8. The van der Waals surface area contributed by atoms with E-state index in [9.17, 15) is 4.79 Å². The van der Waals surface area contributed by atoms with E-state index in [0.717, 1.165) is 19.0 Å². The quantitative estimate of drug-likeness (QED) is 0.373. The lowest BCUT2D eigenvalue weighted by Crippen LogP contribution is -2.53. The number of nitrogens with zero attached hydrogens (tertiary/aromatic N) is 6. The highest BCUT2D eigenvalue weighted by Crippen LogP contribution is 2.08. The monoisotopic (exact) mass is 513 g/mol. The van der Waals surface area contributed by atoms with E-state index < -0.39 is 0 Å². The third kappa shape index (κ3) is 6.58. The van der Waals surface area contributed by atoms with Crippen molar-refractivity contribution in [3.8, 4) is 0 Å². The van der Waals surface area contributed by atoms with Gasteiger partial charge in [0.1, 0.15) is 12.7 Å². The largest absolute Gasteiger partial charge is 0.450 e. The van der Waals surface area contributed by atoms with Crippen LogP contribution in [0, 0.1) is 0 Å². The first kappa shape index (κ1) is 22.9. The smallest absolute Gasteiger partial charge is 0.409 e. The summed E-state index contributed by atoms with van der Waals surface area (Å²) in [6, 6.07) is 8.36. The Morgan fingerprint density at radius 1 is 1.21 bits per heavy atom. The number of nitrogens with one attached hydrogen (secondary N) is 1. The molecule has 2 heterocycles. The fourth-order valence-corrected chi connectivity index (χ4v) is 3.17. The number of aromatic nitrogens is 3. The fourth-order valence-electron chi connectivity index (χ4n) is 3.17. The third-order valence-corrected chi connectivity index (χ3v) is 4.57. The number of aliphatic imine (C=N–C) groups is 1. The maximum Gasteiger partial charge on any atom is 0.409 e. The molecule has 158 valence electrons. The Morgan fingerprint density at radius 2 is 1.93 bits per heavy atom. The Hall–Kier alpha value is -2.37. The van der Waals surface area contributed by atoms with Crippen LogP contribution in [0.4, 0.5) is 4.79 Å². The Balaban J connectivity index is 0.00000300. The van der Waals surface area contributed by atoms with E-state index in [2.05, 4.69) is 43.5 Å². The van der Waals surface area contributed by atoms with Gasteiger partial charge in [0, 0.05) is 39.8 Å². The number of guanidine groups is 1. The molecule has 0 radical (unpaired) electrons. The summed E-state index contributed by atoms with van der Waals surface area (Å²) in [6.45, 7) is 6.31. The number of hydrogen-bond acceptors (Lipinski definition) is 5. The fraction of sp³-hybridized carbons (Fsp3) is 0.474. The maximum atomic E-state index is 11.8. The van der Waals surface area contributed by atoms with Crippen LogP contribution >= 0.6 is 24.0 Å². The SMILES string of the molecule is CCOC(=O)N1CCN(C(=NC)NCc2cccc(Cn3cncn3)c2)CC1.I. The molecule has 9 nitrogen and oxygen atoms in total. The van der Waals surface area contributed by atoms with Gasteiger partial charge in [-0.2, -0.15) is 5.10 Å². The first-order chi connectivity index (χ1) is 13.7. The Bertz CT molecular complexity index is 790. The van der Waals surface area contributed by atoms with Crippen LogP contribution in [0.2, 0.25) is 0 Å². The molecule has 2 aromatic rings. The lowest BCUT2D eigenvalue weighted by Gasteiger charge is -2.35. The molecule has 1 N–H and O–H groups in total. The van der Waals surface area contributed by atoms with Crippen LogP contribution in [0.1, 0.15) is 18.1 Å². The Morgan fingerprint density at radius 3 is 2.59 bits per heavy atom. The summed E-state index contributed by atoms with van der Waals surface area (Å²) in [7, 11) is 1.78. The van der Waals surface area contributed by atoms with Gasteiger partial charge < -0.3 is 19.9 Å². The topological polar surface area (TPSA) is 87.9 Å². The molecule has 10 heteroatoms. The standard InChI is InChI=1S/C19H27N7O2.HI/c1-3-28-19(27)25-9-7-24(8-10-25)18(20-2)22-12-16-5-4-6-17(11-16)13-26-15-21-14-23-26;/h4-6,11,14-15H,3,7-10,12-13H2,1-2H3,(H,20,22);1H. The van der Waals surface area contributed by atoms with Gasteiger partial charge in [-0.1, -0.05) is 24.3 Å². The van der Waals surface area contributed by atoms with Gasteiger partial charge in [-0.25, -0.2) is 14.5 Å². The van der Waals surface area contributed by atoms with E-state index in [1.165, 1.54) is 17.5 Å². The molecule has 1 aromatic carbocycles. The lowest BCUT2D eigenvalue weighted by atomic mass is 10.1. The molecule has 0 unspecified atom stereocenters. The average Bonchev–Trinajstić information content (AvgIpc) is 3.22. The molecular formula is C19H28IN7O2. The summed E-state index contributed by atoms with van der Waals surface area (Å²) in [5, 5.41) is 7.56. The summed E-state index contributed by atoms with van der Waals surface area (Å²) in [5.74, 6) is 0.838. The van der Waals surface area contributed by atoms with Gasteiger partial charge in [0.25, 0.3) is 0 Å². The molecule has 1 amide bonds. The minimum Gasteiger partial charge on any atom is -0.450 e. The summed E-state index contributed by atoms with van der Waals surface area (Å²) in [6.07, 6.45) is 3.01. The van der Waals surface area contributed by atoms with Gasteiger partial charge in [0.2, 0.25) is 0 Å². The van der Waals surface area contributed by atoms with Crippen molar-refractivity contribution in [2.75, 3.05) is 39.8 Å². The predicted octanol–water partition coefficient (Wildman–Crippen LogP) is 1.79. The van der Waals surface area contributed by atoms with Crippen LogP contribution in [-0.2, 0) is 17.8 Å². The van der Waals surface area contributed by atoms with E-state index in [1.807, 2.05) is 13.0 Å². The highest BCUT2D eigenvalue weighted by Gasteiger charge is 2.23. The number of halogens is 1. The molecule has 0 bridgehead atoms. The van der Waals surface area contributed by atoms with Crippen molar-refractivity contribution in [2.24, 2.45) is 4.99 Å². The van der Waals surface area contributed by atoms with Gasteiger partial charge in [-0.15, -0.1) is 24.0 Å². The van der Waals surface area contributed by atoms with Crippen molar-refractivity contribution >= 4 is 36.0 Å². The zero-order valence-electron chi connectivity index (χ0n) is 16.8. The summed E-state index contributed by atoms with van der Waals surface area (Å²) < 4.78 is 6.87. The predicted molar refractivity (Wildman–Crippen MR) is 121 cm³/mol.